The standard InChI is InChI=1S/C23H20ClF2N3O2/c24-13-6-8-16-20(10-13)31-12-17-21(23(30)27-15-4-2-1-3-5-15)28-29(22(16)17)19-9-7-14(25)11-18(19)26/h6-11,15H,1-5,12H2,(H,27,30). The van der Waals surface area contributed by atoms with Crippen molar-refractivity contribution in [1.29, 1.82) is 0 Å². The first kappa shape index (κ1) is 20.0. The predicted octanol–water partition coefficient (Wildman–Crippen LogP) is 5.43. The van der Waals surface area contributed by atoms with E-state index in [1.165, 1.54) is 17.2 Å². The molecule has 160 valence electrons. The molecule has 0 saturated heterocycles. The van der Waals surface area contributed by atoms with Gasteiger partial charge in [-0.15, -0.1) is 0 Å². The zero-order valence-electron chi connectivity index (χ0n) is 16.6. The van der Waals surface area contributed by atoms with E-state index in [2.05, 4.69) is 10.4 Å². The predicted molar refractivity (Wildman–Crippen MR) is 113 cm³/mol. The Labute approximate surface area is 183 Å². The van der Waals surface area contributed by atoms with E-state index in [1.54, 1.807) is 18.2 Å². The molecule has 5 nitrogen and oxygen atoms in total. The van der Waals surface area contributed by atoms with Crippen molar-refractivity contribution < 1.29 is 18.3 Å². The number of ether oxygens (including phenoxy) is 1. The van der Waals surface area contributed by atoms with Gasteiger partial charge in [-0.1, -0.05) is 30.9 Å². The van der Waals surface area contributed by atoms with Crippen LogP contribution in [0, 0.1) is 11.6 Å². The number of rotatable bonds is 3. The van der Waals surface area contributed by atoms with Crippen molar-refractivity contribution in [3.8, 4) is 22.7 Å². The monoisotopic (exact) mass is 443 g/mol. The third-order valence-electron chi connectivity index (χ3n) is 5.85. The summed E-state index contributed by atoms with van der Waals surface area (Å²) < 4.78 is 35.4. The molecule has 2 aliphatic rings. The van der Waals surface area contributed by atoms with Gasteiger partial charge in [0.05, 0.1) is 5.69 Å². The fourth-order valence-electron chi connectivity index (χ4n) is 4.34. The van der Waals surface area contributed by atoms with Crippen molar-refractivity contribution in [1.82, 2.24) is 15.1 Å². The number of nitrogens with one attached hydrogen (secondary N) is 1. The summed E-state index contributed by atoms with van der Waals surface area (Å²) in [7, 11) is 0. The second-order valence-electron chi connectivity index (χ2n) is 7.92. The summed E-state index contributed by atoms with van der Waals surface area (Å²) in [5, 5.41) is 8.03. The van der Waals surface area contributed by atoms with Crippen molar-refractivity contribution in [2.45, 2.75) is 44.8 Å². The Morgan fingerprint density at radius 3 is 2.71 bits per heavy atom. The number of fused-ring (bicyclic) bond motifs is 3. The van der Waals surface area contributed by atoms with Crippen LogP contribution in [0.2, 0.25) is 5.02 Å². The minimum Gasteiger partial charge on any atom is -0.488 e. The fourth-order valence-corrected chi connectivity index (χ4v) is 4.50. The van der Waals surface area contributed by atoms with Crippen LogP contribution >= 0.6 is 11.6 Å². The molecule has 0 bridgehead atoms. The second-order valence-corrected chi connectivity index (χ2v) is 8.36. The maximum Gasteiger partial charge on any atom is 0.272 e. The average Bonchev–Trinajstić information content (AvgIpc) is 3.14. The molecule has 2 aromatic carbocycles. The van der Waals surface area contributed by atoms with Crippen LogP contribution in [0.4, 0.5) is 8.78 Å². The molecule has 2 heterocycles. The van der Waals surface area contributed by atoms with Gasteiger partial charge in [-0.25, -0.2) is 13.5 Å². The largest absolute Gasteiger partial charge is 0.488 e. The van der Waals surface area contributed by atoms with Crippen LogP contribution in [0.1, 0.15) is 48.2 Å². The van der Waals surface area contributed by atoms with E-state index in [9.17, 15) is 13.6 Å². The molecule has 1 amide bonds. The van der Waals surface area contributed by atoms with E-state index < -0.39 is 11.6 Å². The zero-order chi connectivity index (χ0) is 21.5. The third kappa shape index (κ3) is 3.67. The molecule has 1 aliphatic heterocycles. The lowest BCUT2D eigenvalue weighted by atomic mass is 9.95. The van der Waals surface area contributed by atoms with Gasteiger partial charge in [-0.3, -0.25) is 4.79 Å². The SMILES string of the molecule is O=C(NC1CCCCC1)c1nn(-c2ccc(F)cc2F)c2c1COc1cc(Cl)ccc1-2. The average molecular weight is 444 g/mol. The molecule has 0 radical (unpaired) electrons. The topological polar surface area (TPSA) is 56.2 Å². The smallest absolute Gasteiger partial charge is 0.272 e. The Kier molecular flexibility index (Phi) is 5.14. The number of hydrogen-bond donors (Lipinski definition) is 1. The van der Waals surface area contributed by atoms with Gasteiger partial charge >= 0.3 is 0 Å². The van der Waals surface area contributed by atoms with Crippen LogP contribution < -0.4 is 10.1 Å². The zero-order valence-corrected chi connectivity index (χ0v) is 17.4. The lowest BCUT2D eigenvalue weighted by Gasteiger charge is -2.23. The molecular weight excluding hydrogens is 424 g/mol. The summed E-state index contributed by atoms with van der Waals surface area (Å²) >= 11 is 6.10. The summed E-state index contributed by atoms with van der Waals surface area (Å²) in [6.07, 6.45) is 5.19. The van der Waals surface area contributed by atoms with Crippen molar-refractivity contribution in [2.24, 2.45) is 0 Å². The Balaban J connectivity index is 1.64. The van der Waals surface area contributed by atoms with Gasteiger partial charge < -0.3 is 10.1 Å². The molecule has 1 N–H and O–H groups in total. The summed E-state index contributed by atoms with van der Waals surface area (Å²) in [4.78, 5) is 13.1. The second kappa shape index (κ2) is 7.96. The van der Waals surface area contributed by atoms with Gasteiger partial charge in [0.25, 0.3) is 5.91 Å². The number of halogens is 3. The van der Waals surface area contributed by atoms with Crippen LogP contribution in [0.15, 0.2) is 36.4 Å². The van der Waals surface area contributed by atoms with Crippen molar-refractivity contribution in [3.05, 3.63) is 64.3 Å². The van der Waals surface area contributed by atoms with Crippen LogP contribution in [-0.4, -0.2) is 21.7 Å². The molecule has 0 atom stereocenters. The van der Waals surface area contributed by atoms with Gasteiger partial charge in [0.1, 0.15) is 23.9 Å². The van der Waals surface area contributed by atoms with Gasteiger partial charge in [0.15, 0.2) is 11.5 Å². The van der Waals surface area contributed by atoms with Crippen LogP contribution in [0.25, 0.3) is 16.9 Å². The van der Waals surface area contributed by atoms with E-state index >= 15 is 0 Å². The summed E-state index contributed by atoms with van der Waals surface area (Å²) in [6, 6.07) is 8.48. The van der Waals surface area contributed by atoms with Crippen LogP contribution in [0.3, 0.4) is 0 Å². The molecule has 0 unspecified atom stereocenters. The van der Waals surface area contributed by atoms with Crippen molar-refractivity contribution in [2.75, 3.05) is 0 Å². The van der Waals surface area contributed by atoms with Crippen molar-refractivity contribution in [3.63, 3.8) is 0 Å². The highest BCUT2D eigenvalue weighted by Crippen LogP contribution is 2.41. The number of carbonyl (C=O) groups is 1. The first-order valence-corrected chi connectivity index (χ1v) is 10.7. The number of hydrogen-bond acceptors (Lipinski definition) is 3. The first-order chi connectivity index (χ1) is 15.0. The number of carbonyl (C=O) groups excluding carboxylic acids is 1. The van der Waals surface area contributed by atoms with E-state index in [0.717, 1.165) is 37.8 Å². The quantitative estimate of drug-likeness (QED) is 0.587. The van der Waals surface area contributed by atoms with E-state index in [-0.39, 0.29) is 29.9 Å². The first-order valence-electron chi connectivity index (χ1n) is 10.3. The van der Waals surface area contributed by atoms with E-state index in [1.807, 2.05) is 0 Å². The summed E-state index contributed by atoms with van der Waals surface area (Å²) in [6.45, 7) is 0.0961. The maximum absolute atomic E-state index is 14.7. The van der Waals surface area contributed by atoms with E-state index in [4.69, 9.17) is 16.3 Å². The maximum atomic E-state index is 14.7. The fraction of sp³-hybridized carbons (Fsp3) is 0.304. The molecule has 5 rings (SSSR count). The molecular formula is C23H20ClF2N3O2. The van der Waals surface area contributed by atoms with E-state index in [0.29, 0.717) is 27.6 Å². The summed E-state index contributed by atoms with van der Waals surface area (Å²) in [5.74, 6) is -1.26. The molecule has 1 fully saturated rings. The lowest BCUT2D eigenvalue weighted by molar-refractivity contribution is 0.0919. The van der Waals surface area contributed by atoms with Gasteiger partial charge in [-0.05, 0) is 43.2 Å². The minimum atomic E-state index is -0.772. The molecule has 1 aliphatic carbocycles. The van der Waals surface area contributed by atoms with Crippen LogP contribution in [-0.2, 0) is 6.61 Å². The Morgan fingerprint density at radius 2 is 1.94 bits per heavy atom. The van der Waals surface area contributed by atoms with Crippen LogP contribution in [0.5, 0.6) is 5.75 Å². The number of benzene rings is 2. The number of aromatic nitrogens is 2. The Morgan fingerprint density at radius 1 is 1.13 bits per heavy atom. The molecule has 3 aromatic rings. The number of amides is 1. The Hall–Kier alpha value is -2.93. The summed E-state index contributed by atoms with van der Waals surface area (Å²) in [5.41, 5.74) is 1.98. The third-order valence-corrected chi connectivity index (χ3v) is 6.08. The molecule has 1 aromatic heterocycles. The van der Waals surface area contributed by atoms with Gasteiger partial charge in [0, 0.05) is 28.3 Å². The normalized spacial score (nSPS) is 15.7. The minimum absolute atomic E-state index is 0.0529. The highest BCUT2D eigenvalue weighted by Gasteiger charge is 2.32. The number of nitrogens with zero attached hydrogens (tertiary/aromatic N) is 2. The highest BCUT2D eigenvalue weighted by atomic mass is 35.5. The molecule has 1 saturated carbocycles. The van der Waals surface area contributed by atoms with Gasteiger partial charge in [-0.2, -0.15) is 5.10 Å². The molecule has 0 spiro atoms. The van der Waals surface area contributed by atoms with Crippen molar-refractivity contribution >= 4 is 17.5 Å². The Bertz CT molecular complexity index is 1170. The van der Waals surface area contributed by atoms with Gasteiger partial charge in [0.2, 0.25) is 0 Å². The lowest BCUT2D eigenvalue weighted by Crippen LogP contribution is -2.37. The highest BCUT2D eigenvalue weighted by molar-refractivity contribution is 6.30. The molecule has 8 heteroatoms. The molecule has 31 heavy (non-hydrogen) atoms.